The van der Waals surface area contributed by atoms with E-state index in [9.17, 15) is 0 Å². The molecule has 2 rings (SSSR count). The smallest absolute Gasteiger partial charge is 0.181 e. The van der Waals surface area contributed by atoms with Crippen LogP contribution in [0.25, 0.3) is 0 Å². The zero-order valence-corrected chi connectivity index (χ0v) is 25.2. The van der Waals surface area contributed by atoms with Crippen molar-refractivity contribution in [2.45, 2.75) is 193 Å². The number of ether oxygens (including phenoxy) is 3. The highest BCUT2D eigenvalue weighted by molar-refractivity contribution is 5.18. The summed E-state index contributed by atoms with van der Waals surface area (Å²) in [4.78, 5) is 0. The Morgan fingerprint density at radius 3 is 1.08 bits per heavy atom. The third-order valence-electron chi connectivity index (χ3n) is 8.25. The third kappa shape index (κ3) is 14.7. The lowest BCUT2D eigenvalue weighted by Gasteiger charge is -2.22. The Morgan fingerprint density at radius 1 is 0.514 bits per heavy atom. The van der Waals surface area contributed by atoms with E-state index >= 15 is 0 Å². The van der Waals surface area contributed by atoms with E-state index in [1.807, 2.05) is 0 Å². The van der Waals surface area contributed by atoms with E-state index in [2.05, 4.69) is 39.8 Å². The lowest BCUT2D eigenvalue weighted by atomic mass is 10.0. The van der Waals surface area contributed by atoms with E-state index in [1.165, 1.54) is 128 Å². The van der Waals surface area contributed by atoms with E-state index in [1.54, 1.807) is 0 Å². The van der Waals surface area contributed by atoms with Crippen molar-refractivity contribution in [3.05, 3.63) is 23.7 Å². The molecule has 0 aromatic heterocycles. The topological polar surface area (TPSA) is 34.3 Å². The van der Waals surface area contributed by atoms with Crippen LogP contribution in [-0.4, -0.2) is 24.4 Å². The molecule has 4 unspecified atom stereocenters. The van der Waals surface area contributed by atoms with Gasteiger partial charge < -0.3 is 14.2 Å². The quantitative estimate of drug-likeness (QED) is 0.0843. The van der Waals surface area contributed by atoms with Gasteiger partial charge in [0, 0.05) is 0 Å². The van der Waals surface area contributed by atoms with Gasteiger partial charge in [-0.05, 0) is 38.8 Å². The first kappa shape index (κ1) is 32.3. The van der Waals surface area contributed by atoms with Gasteiger partial charge in [-0.1, -0.05) is 142 Å². The summed E-state index contributed by atoms with van der Waals surface area (Å²) < 4.78 is 18.6. The van der Waals surface area contributed by atoms with Gasteiger partial charge in [0.05, 0.1) is 0 Å². The fourth-order valence-electron chi connectivity index (χ4n) is 5.68. The number of allylic oxidation sites excluding steroid dienone is 2. The van der Waals surface area contributed by atoms with Crippen molar-refractivity contribution in [1.82, 2.24) is 0 Å². The first-order valence-corrected chi connectivity index (χ1v) is 16.6. The fourth-order valence-corrected chi connectivity index (χ4v) is 5.68. The standard InChI is InChI=1S/C34H62O3/c1-5-9-11-13-15-17-19-21-23-25-27-31(33-29(7-3)36-33)35-32(34-30(8-4)37-34)28-26-24-22-20-18-16-14-12-10-6-2/h7-8,31-34H,5-6,9-28H2,1-4H3. The largest absolute Gasteiger partial charge is 0.480 e. The average Bonchev–Trinajstić information content (AvgIpc) is 3.84. The van der Waals surface area contributed by atoms with Crippen LogP contribution in [0.5, 0.6) is 0 Å². The molecule has 2 aliphatic rings. The highest BCUT2D eigenvalue weighted by atomic mass is 16.6. The van der Waals surface area contributed by atoms with E-state index in [0.717, 1.165) is 24.4 Å². The second-order valence-electron chi connectivity index (χ2n) is 11.6. The van der Waals surface area contributed by atoms with Crippen LogP contribution in [0.4, 0.5) is 0 Å². The average molecular weight is 519 g/mol. The molecule has 0 spiro atoms. The number of hydrogen-bond donors (Lipinski definition) is 0. The lowest BCUT2D eigenvalue weighted by molar-refractivity contribution is -0.0467. The summed E-state index contributed by atoms with van der Waals surface area (Å²) in [5, 5.41) is 0. The van der Waals surface area contributed by atoms with Crippen molar-refractivity contribution in [3.63, 3.8) is 0 Å². The molecule has 0 aliphatic carbocycles. The maximum absolute atomic E-state index is 6.80. The summed E-state index contributed by atoms with van der Waals surface area (Å²) in [6, 6.07) is 0. The molecule has 3 heteroatoms. The molecule has 3 nitrogen and oxygen atoms in total. The molecule has 4 atom stereocenters. The molecule has 2 saturated heterocycles. The first-order valence-electron chi connectivity index (χ1n) is 16.6. The molecular weight excluding hydrogens is 456 g/mol. The Hall–Kier alpha value is -0.960. The van der Waals surface area contributed by atoms with Gasteiger partial charge in [-0.15, -0.1) is 0 Å². The Morgan fingerprint density at radius 2 is 0.811 bits per heavy atom. The summed E-state index contributed by atoms with van der Waals surface area (Å²) in [7, 11) is 0. The van der Waals surface area contributed by atoms with Gasteiger partial charge in [0.25, 0.3) is 0 Å². The summed E-state index contributed by atoms with van der Waals surface area (Å²) >= 11 is 0. The van der Waals surface area contributed by atoms with Crippen LogP contribution in [-0.2, 0) is 14.2 Å². The predicted molar refractivity (Wildman–Crippen MR) is 159 cm³/mol. The molecule has 0 saturated carbocycles. The Balaban J connectivity index is 1.66. The van der Waals surface area contributed by atoms with Gasteiger partial charge in [-0.2, -0.15) is 0 Å². The second kappa shape index (κ2) is 20.9. The van der Waals surface area contributed by atoms with Gasteiger partial charge in [-0.25, -0.2) is 0 Å². The molecule has 2 heterocycles. The number of epoxide rings is 2. The minimum absolute atomic E-state index is 0.173. The van der Waals surface area contributed by atoms with Crippen molar-refractivity contribution in [3.8, 4) is 0 Å². The van der Waals surface area contributed by atoms with Crippen LogP contribution in [0.15, 0.2) is 23.7 Å². The molecule has 2 fully saturated rings. The molecule has 0 bridgehead atoms. The monoisotopic (exact) mass is 518 g/mol. The second-order valence-corrected chi connectivity index (χ2v) is 11.6. The summed E-state index contributed by atoms with van der Waals surface area (Å²) in [6.45, 7) is 8.74. The van der Waals surface area contributed by atoms with Crippen molar-refractivity contribution in [2.24, 2.45) is 0 Å². The SMILES string of the molecule is CC=C1OC1C(CCCCCCCCCCCC)OC(CCCCCCCCCCCC)C1OC1=CC. The minimum atomic E-state index is 0.173. The van der Waals surface area contributed by atoms with Crippen LogP contribution in [0.2, 0.25) is 0 Å². The highest BCUT2D eigenvalue weighted by Gasteiger charge is 2.46. The van der Waals surface area contributed by atoms with E-state index < -0.39 is 0 Å². The lowest BCUT2D eigenvalue weighted by Crippen LogP contribution is -2.30. The maximum atomic E-state index is 6.80. The van der Waals surface area contributed by atoms with Crippen LogP contribution < -0.4 is 0 Å². The normalized spacial score (nSPS) is 22.2. The highest BCUT2D eigenvalue weighted by Crippen LogP contribution is 2.39. The predicted octanol–water partition coefficient (Wildman–Crippen LogP) is 11.0. The molecule has 37 heavy (non-hydrogen) atoms. The fraction of sp³-hybridized carbons (Fsp3) is 0.882. The molecule has 0 aromatic carbocycles. The van der Waals surface area contributed by atoms with Gasteiger partial charge >= 0.3 is 0 Å². The molecule has 2 aliphatic heterocycles. The van der Waals surface area contributed by atoms with Crippen molar-refractivity contribution in [1.29, 1.82) is 0 Å². The maximum Gasteiger partial charge on any atom is 0.181 e. The molecule has 216 valence electrons. The van der Waals surface area contributed by atoms with Crippen molar-refractivity contribution >= 4 is 0 Å². The van der Waals surface area contributed by atoms with E-state index in [-0.39, 0.29) is 24.4 Å². The zero-order valence-electron chi connectivity index (χ0n) is 25.2. The summed E-state index contributed by atoms with van der Waals surface area (Å²) in [5.41, 5.74) is 0. The van der Waals surface area contributed by atoms with E-state index in [4.69, 9.17) is 14.2 Å². The van der Waals surface area contributed by atoms with Crippen LogP contribution in [0.3, 0.4) is 0 Å². The minimum Gasteiger partial charge on any atom is -0.480 e. The molecular formula is C34H62O3. The number of hydrogen-bond acceptors (Lipinski definition) is 3. The summed E-state index contributed by atoms with van der Waals surface area (Å²) in [5.74, 6) is 2.25. The molecule has 0 radical (unpaired) electrons. The van der Waals surface area contributed by atoms with Gasteiger partial charge in [-0.3, -0.25) is 0 Å². The Labute approximate surface area is 231 Å². The zero-order chi connectivity index (χ0) is 26.6. The Bertz CT molecular complexity index is 558. The number of unbranched alkanes of at least 4 members (excludes halogenated alkanes) is 18. The molecule has 0 amide bonds. The van der Waals surface area contributed by atoms with Crippen LogP contribution in [0, 0.1) is 0 Å². The number of rotatable bonds is 26. The van der Waals surface area contributed by atoms with Crippen molar-refractivity contribution in [2.75, 3.05) is 0 Å². The third-order valence-corrected chi connectivity index (χ3v) is 8.25. The van der Waals surface area contributed by atoms with Crippen LogP contribution in [0.1, 0.15) is 169 Å². The molecule has 0 N–H and O–H groups in total. The van der Waals surface area contributed by atoms with Gasteiger partial charge in [0.2, 0.25) is 0 Å². The summed E-state index contributed by atoms with van der Waals surface area (Å²) in [6.07, 6.45) is 34.6. The molecule has 0 aromatic rings. The Kier molecular flexibility index (Phi) is 18.2. The first-order chi connectivity index (χ1) is 18.2. The van der Waals surface area contributed by atoms with E-state index in [0.29, 0.717) is 0 Å². The van der Waals surface area contributed by atoms with Crippen LogP contribution >= 0.6 is 0 Å². The van der Waals surface area contributed by atoms with Crippen molar-refractivity contribution < 1.29 is 14.2 Å². The van der Waals surface area contributed by atoms with Gasteiger partial charge in [0.1, 0.15) is 23.7 Å². The van der Waals surface area contributed by atoms with Gasteiger partial charge in [0.15, 0.2) is 12.2 Å².